The lowest BCUT2D eigenvalue weighted by Gasteiger charge is -2.22. The Morgan fingerprint density at radius 1 is 1.42 bits per heavy atom. The molecule has 5 heteroatoms. The molecule has 1 rings (SSSR count). The van der Waals surface area contributed by atoms with Gasteiger partial charge in [-0.15, -0.1) is 0 Å². The highest BCUT2D eigenvalue weighted by molar-refractivity contribution is 5.93. The lowest BCUT2D eigenvalue weighted by Crippen LogP contribution is -2.30. The minimum Gasteiger partial charge on any atom is -0.395 e. The van der Waals surface area contributed by atoms with E-state index in [0.29, 0.717) is 18.7 Å². The van der Waals surface area contributed by atoms with Gasteiger partial charge in [0.15, 0.2) is 0 Å². The molecule has 0 saturated heterocycles. The summed E-state index contributed by atoms with van der Waals surface area (Å²) in [5.74, 6) is -0.416. The zero-order valence-corrected chi connectivity index (χ0v) is 11.6. The van der Waals surface area contributed by atoms with Gasteiger partial charge in [0.2, 0.25) is 5.91 Å². The second-order valence-corrected chi connectivity index (χ2v) is 4.50. The van der Waals surface area contributed by atoms with E-state index < -0.39 is 5.91 Å². The minimum atomic E-state index is -0.416. The van der Waals surface area contributed by atoms with E-state index in [0.717, 1.165) is 24.2 Å². The van der Waals surface area contributed by atoms with E-state index in [2.05, 4.69) is 4.90 Å². The lowest BCUT2D eigenvalue weighted by atomic mass is 10.0. The number of carbonyl (C=O) groups excluding carboxylic acids is 1. The number of methoxy groups -OCH3 is 1. The van der Waals surface area contributed by atoms with Crippen LogP contribution < -0.4 is 5.73 Å². The summed E-state index contributed by atoms with van der Waals surface area (Å²) in [6, 6.07) is 5.44. The van der Waals surface area contributed by atoms with E-state index in [-0.39, 0.29) is 6.61 Å². The van der Waals surface area contributed by atoms with Crippen molar-refractivity contribution in [1.29, 1.82) is 0 Å². The van der Waals surface area contributed by atoms with Gasteiger partial charge in [-0.1, -0.05) is 6.07 Å². The van der Waals surface area contributed by atoms with E-state index in [1.54, 1.807) is 19.2 Å². The third-order valence-corrected chi connectivity index (χ3v) is 3.05. The summed E-state index contributed by atoms with van der Waals surface area (Å²) in [5, 5.41) is 9.06. The summed E-state index contributed by atoms with van der Waals surface area (Å²) < 4.78 is 5.05. The van der Waals surface area contributed by atoms with Crippen LogP contribution in [0.25, 0.3) is 0 Å². The number of aliphatic hydroxyl groups is 1. The van der Waals surface area contributed by atoms with Crippen molar-refractivity contribution >= 4 is 5.91 Å². The maximum absolute atomic E-state index is 11.1. The van der Waals surface area contributed by atoms with Crippen molar-refractivity contribution < 1.29 is 14.6 Å². The summed E-state index contributed by atoms with van der Waals surface area (Å²) in [6.07, 6.45) is 0. The van der Waals surface area contributed by atoms with E-state index in [1.165, 1.54) is 0 Å². The number of rotatable bonds is 8. The number of primary amides is 1. The molecule has 0 aliphatic rings. The number of nitrogens with zero attached hydrogens (tertiary/aromatic N) is 1. The largest absolute Gasteiger partial charge is 0.395 e. The first-order valence-corrected chi connectivity index (χ1v) is 6.30. The van der Waals surface area contributed by atoms with Crippen LogP contribution in [0, 0.1) is 6.92 Å². The zero-order chi connectivity index (χ0) is 14.3. The summed E-state index contributed by atoms with van der Waals surface area (Å²) >= 11 is 0. The Labute approximate surface area is 114 Å². The molecule has 106 valence electrons. The number of hydrogen-bond acceptors (Lipinski definition) is 4. The van der Waals surface area contributed by atoms with Gasteiger partial charge in [-0.3, -0.25) is 9.69 Å². The molecule has 1 amide bonds. The second kappa shape index (κ2) is 7.89. The monoisotopic (exact) mass is 266 g/mol. The van der Waals surface area contributed by atoms with Gasteiger partial charge in [-0.2, -0.15) is 0 Å². The number of ether oxygens (including phenoxy) is 1. The molecule has 1 aromatic rings. The Bertz CT molecular complexity index is 421. The Morgan fingerprint density at radius 3 is 2.68 bits per heavy atom. The van der Waals surface area contributed by atoms with Gasteiger partial charge in [0.05, 0.1) is 13.2 Å². The number of aliphatic hydroxyl groups excluding tert-OH is 1. The molecule has 19 heavy (non-hydrogen) atoms. The Hall–Kier alpha value is -1.43. The average Bonchev–Trinajstić information content (AvgIpc) is 2.38. The molecule has 0 aliphatic heterocycles. The summed E-state index contributed by atoms with van der Waals surface area (Å²) in [6.45, 7) is 4.76. The van der Waals surface area contributed by atoms with Gasteiger partial charge >= 0.3 is 0 Å². The summed E-state index contributed by atoms with van der Waals surface area (Å²) in [5.41, 5.74) is 7.91. The van der Waals surface area contributed by atoms with Crippen LogP contribution in [0.3, 0.4) is 0 Å². The van der Waals surface area contributed by atoms with Crippen LogP contribution in [0.4, 0.5) is 0 Å². The van der Waals surface area contributed by atoms with E-state index in [4.69, 9.17) is 15.6 Å². The van der Waals surface area contributed by atoms with Gasteiger partial charge in [-0.05, 0) is 30.2 Å². The quantitative estimate of drug-likeness (QED) is 0.720. The number of nitrogens with two attached hydrogens (primary N) is 1. The van der Waals surface area contributed by atoms with Crippen LogP contribution in [0.15, 0.2) is 18.2 Å². The molecule has 0 atom stereocenters. The Morgan fingerprint density at radius 2 is 2.16 bits per heavy atom. The standard InChI is InChI=1S/C14H22N2O3/c1-11-9-12(14(15)18)3-4-13(11)10-16(5-7-17)6-8-19-2/h3-4,9,17H,5-8,10H2,1-2H3,(H2,15,18). The highest BCUT2D eigenvalue weighted by Gasteiger charge is 2.09. The van der Waals surface area contributed by atoms with E-state index >= 15 is 0 Å². The molecule has 0 bridgehead atoms. The first-order valence-electron chi connectivity index (χ1n) is 6.30. The lowest BCUT2D eigenvalue weighted by molar-refractivity contribution is 0.1000. The van der Waals surface area contributed by atoms with Crippen LogP contribution >= 0.6 is 0 Å². The maximum Gasteiger partial charge on any atom is 0.248 e. The van der Waals surface area contributed by atoms with Gasteiger partial charge in [-0.25, -0.2) is 0 Å². The maximum atomic E-state index is 11.1. The van der Waals surface area contributed by atoms with Crippen LogP contribution in [0.1, 0.15) is 21.5 Å². The van der Waals surface area contributed by atoms with Gasteiger partial charge in [0, 0.05) is 32.3 Å². The molecule has 0 unspecified atom stereocenters. The molecule has 1 aromatic carbocycles. The van der Waals surface area contributed by atoms with Crippen molar-refractivity contribution in [3.63, 3.8) is 0 Å². The van der Waals surface area contributed by atoms with E-state index in [9.17, 15) is 4.79 Å². The van der Waals surface area contributed by atoms with Crippen molar-refractivity contribution in [2.45, 2.75) is 13.5 Å². The first kappa shape index (κ1) is 15.6. The molecule has 0 aliphatic carbocycles. The molecular weight excluding hydrogens is 244 g/mol. The van der Waals surface area contributed by atoms with Crippen molar-refractivity contribution in [3.8, 4) is 0 Å². The smallest absolute Gasteiger partial charge is 0.248 e. The van der Waals surface area contributed by atoms with Gasteiger partial charge < -0.3 is 15.6 Å². The fourth-order valence-electron chi connectivity index (χ4n) is 1.90. The average molecular weight is 266 g/mol. The Kier molecular flexibility index (Phi) is 6.49. The number of aryl methyl sites for hydroxylation is 1. The molecule has 0 heterocycles. The van der Waals surface area contributed by atoms with Crippen molar-refractivity contribution in [3.05, 3.63) is 34.9 Å². The Balaban J connectivity index is 2.75. The fraction of sp³-hybridized carbons (Fsp3) is 0.500. The normalized spacial score (nSPS) is 10.9. The minimum absolute atomic E-state index is 0.113. The molecule has 0 spiro atoms. The van der Waals surface area contributed by atoms with Crippen LogP contribution in [-0.2, 0) is 11.3 Å². The molecule has 0 radical (unpaired) electrons. The molecule has 0 aromatic heterocycles. The molecule has 5 nitrogen and oxygen atoms in total. The number of amides is 1. The highest BCUT2D eigenvalue weighted by Crippen LogP contribution is 2.13. The van der Waals surface area contributed by atoms with Crippen molar-refractivity contribution in [2.24, 2.45) is 5.73 Å². The third kappa shape index (κ3) is 4.98. The molecule has 3 N–H and O–H groups in total. The summed E-state index contributed by atoms with van der Waals surface area (Å²) in [4.78, 5) is 13.2. The molecule has 0 fully saturated rings. The predicted octanol–water partition coefficient (Wildman–Crippen LogP) is 0.535. The van der Waals surface area contributed by atoms with Crippen LogP contribution in [0.2, 0.25) is 0 Å². The molecular formula is C14H22N2O3. The summed E-state index contributed by atoms with van der Waals surface area (Å²) in [7, 11) is 1.66. The van der Waals surface area contributed by atoms with Gasteiger partial charge in [0.1, 0.15) is 0 Å². The topological polar surface area (TPSA) is 75.8 Å². The predicted molar refractivity (Wildman–Crippen MR) is 73.9 cm³/mol. The van der Waals surface area contributed by atoms with Gasteiger partial charge in [0.25, 0.3) is 0 Å². The van der Waals surface area contributed by atoms with E-state index in [1.807, 2.05) is 13.0 Å². The third-order valence-electron chi connectivity index (χ3n) is 3.05. The number of hydrogen-bond donors (Lipinski definition) is 2. The second-order valence-electron chi connectivity index (χ2n) is 4.50. The zero-order valence-electron chi connectivity index (χ0n) is 11.6. The number of carbonyl (C=O) groups is 1. The molecule has 0 saturated carbocycles. The van der Waals surface area contributed by atoms with Crippen molar-refractivity contribution in [2.75, 3.05) is 33.4 Å². The first-order chi connectivity index (χ1) is 9.08. The highest BCUT2D eigenvalue weighted by atomic mass is 16.5. The SMILES string of the molecule is COCCN(CCO)Cc1ccc(C(N)=O)cc1C. The van der Waals surface area contributed by atoms with Crippen molar-refractivity contribution in [1.82, 2.24) is 4.90 Å². The van der Waals surface area contributed by atoms with Crippen LogP contribution in [0.5, 0.6) is 0 Å². The number of benzene rings is 1. The van der Waals surface area contributed by atoms with Crippen LogP contribution in [-0.4, -0.2) is 49.3 Å². The fourth-order valence-corrected chi connectivity index (χ4v) is 1.90.